The zero-order valence-electron chi connectivity index (χ0n) is 13.4. The number of aryl methyl sites for hydroxylation is 1. The number of hydrogen-bond donors (Lipinski definition) is 1. The van der Waals surface area contributed by atoms with Gasteiger partial charge >= 0.3 is 0 Å². The molecule has 0 saturated heterocycles. The lowest BCUT2D eigenvalue weighted by atomic mass is 10.1. The number of halogens is 2. The fourth-order valence-corrected chi connectivity index (χ4v) is 2.59. The highest BCUT2D eigenvalue weighted by Gasteiger charge is 2.25. The third kappa shape index (κ3) is 3.05. The smallest absolute Gasteiger partial charge is 0.263 e. The van der Waals surface area contributed by atoms with Crippen LogP contribution in [0.25, 0.3) is 22.7 Å². The number of nitrogens with one attached hydrogen (secondary N) is 1. The second kappa shape index (κ2) is 6.70. The Labute approximate surface area is 143 Å². The van der Waals surface area contributed by atoms with Gasteiger partial charge < -0.3 is 14.4 Å². The fraction of sp³-hybridized carbons (Fsp3) is 0.312. The summed E-state index contributed by atoms with van der Waals surface area (Å²) in [6.07, 6.45) is 0.597. The summed E-state index contributed by atoms with van der Waals surface area (Å²) < 4.78 is 24.8. The lowest BCUT2D eigenvalue weighted by Gasteiger charge is -2.05. The molecule has 0 saturated carbocycles. The van der Waals surface area contributed by atoms with E-state index in [1.807, 2.05) is 14.0 Å². The highest BCUT2D eigenvalue weighted by Crippen LogP contribution is 2.38. The zero-order valence-corrected chi connectivity index (χ0v) is 14.2. The molecular weight excluding hydrogens is 335 g/mol. The number of aromatic nitrogens is 3. The van der Waals surface area contributed by atoms with E-state index in [-0.39, 0.29) is 28.2 Å². The van der Waals surface area contributed by atoms with Crippen LogP contribution in [-0.4, -0.2) is 28.4 Å². The molecule has 8 heteroatoms. The van der Waals surface area contributed by atoms with Gasteiger partial charge in [-0.05, 0) is 33.0 Å². The highest BCUT2D eigenvalue weighted by atomic mass is 35.5. The van der Waals surface area contributed by atoms with Crippen LogP contribution in [0.4, 0.5) is 4.39 Å². The van der Waals surface area contributed by atoms with Gasteiger partial charge in [0, 0.05) is 12.5 Å². The predicted molar refractivity (Wildman–Crippen MR) is 87.2 cm³/mol. The van der Waals surface area contributed by atoms with Crippen LogP contribution in [0.1, 0.15) is 18.5 Å². The first kappa shape index (κ1) is 16.6. The minimum absolute atomic E-state index is 0.148. The Hall–Kier alpha value is -2.25. The van der Waals surface area contributed by atoms with Crippen molar-refractivity contribution in [3.8, 4) is 22.7 Å². The Balaban J connectivity index is 2.06. The Morgan fingerprint density at radius 2 is 2.04 bits per heavy atom. The molecule has 0 spiro atoms. The average molecular weight is 351 g/mol. The molecule has 0 aliphatic heterocycles. The van der Waals surface area contributed by atoms with Crippen molar-refractivity contribution in [2.75, 3.05) is 7.05 Å². The quantitative estimate of drug-likeness (QED) is 0.757. The molecule has 1 N–H and O–H groups in total. The summed E-state index contributed by atoms with van der Waals surface area (Å²) in [5, 5.41) is 11.2. The molecule has 0 fully saturated rings. The van der Waals surface area contributed by atoms with Crippen molar-refractivity contribution in [1.29, 1.82) is 0 Å². The maximum Gasteiger partial charge on any atom is 0.263 e. The van der Waals surface area contributed by atoms with Crippen LogP contribution >= 0.6 is 11.6 Å². The predicted octanol–water partition coefficient (Wildman–Crippen LogP) is 3.64. The van der Waals surface area contributed by atoms with Gasteiger partial charge in [0.2, 0.25) is 0 Å². The molecule has 1 atom stereocenters. The van der Waals surface area contributed by atoms with E-state index in [1.165, 1.54) is 12.1 Å². The summed E-state index contributed by atoms with van der Waals surface area (Å²) in [6, 6.07) is 4.61. The Bertz CT molecular complexity index is 841. The molecule has 0 aliphatic carbocycles. The topological polar surface area (TPSA) is 77.0 Å². The lowest BCUT2D eigenvalue weighted by molar-refractivity contribution is 0.396. The first-order chi connectivity index (χ1) is 11.5. The summed E-state index contributed by atoms with van der Waals surface area (Å²) in [7, 11) is 1.86. The first-order valence-electron chi connectivity index (χ1n) is 7.42. The van der Waals surface area contributed by atoms with Crippen molar-refractivity contribution in [3.63, 3.8) is 0 Å². The van der Waals surface area contributed by atoms with Crippen LogP contribution in [0.15, 0.2) is 27.2 Å². The van der Waals surface area contributed by atoms with Crippen molar-refractivity contribution in [1.82, 2.24) is 20.6 Å². The maximum absolute atomic E-state index is 14.2. The summed E-state index contributed by atoms with van der Waals surface area (Å²) >= 11 is 6.13. The standard InChI is InChI=1S/C16H16ClFN4O2/c1-8(19-3)7-12-20-16(24-21-12)13-9(2)23-22-15(13)14-10(17)5-4-6-11(14)18/h4-6,8,19H,7H2,1-3H3. The number of nitrogens with zero attached hydrogens (tertiary/aromatic N) is 3. The molecule has 0 radical (unpaired) electrons. The minimum atomic E-state index is -0.499. The average Bonchev–Trinajstić information content (AvgIpc) is 3.14. The first-order valence-corrected chi connectivity index (χ1v) is 7.80. The van der Waals surface area contributed by atoms with E-state index in [9.17, 15) is 4.39 Å². The summed E-state index contributed by atoms with van der Waals surface area (Å²) in [5.41, 5.74) is 0.833. The van der Waals surface area contributed by atoms with Gasteiger partial charge in [-0.3, -0.25) is 0 Å². The molecule has 0 aliphatic rings. The Kier molecular flexibility index (Phi) is 4.64. The van der Waals surface area contributed by atoms with E-state index in [4.69, 9.17) is 20.6 Å². The van der Waals surface area contributed by atoms with Gasteiger partial charge in [0.25, 0.3) is 5.89 Å². The molecule has 2 aromatic heterocycles. The molecule has 6 nitrogen and oxygen atoms in total. The van der Waals surface area contributed by atoms with Crippen molar-refractivity contribution in [2.45, 2.75) is 26.3 Å². The zero-order chi connectivity index (χ0) is 17.3. The third-order valence-electron chi connectivity index (χ3n) is 3.73. The SMILES string of the molecule is CNC(C)Cc1noc(-c2c(-c3c(F)cccc3Cl)noc2C)n1. The van der Waals surface area contributed by atoms with E-state index in [0.717, 1.165) is 0 Å². The highest BCUT2D eigenvalue weighted by molar-refractivity contribution is 6.33. The van der Waals surface area contributed by atoms with Gasteiger partial charge in [-0.25, -0.2) is 4.39 Å². The van der Waals surface area contributed by atoms with Gasteiger partial charge in [-0.2, -0.15) is 4.98 Å². The summed E-state index contributed by atoms with van der Waals surface area (Å²) in [6.45, 7) is 3.70. The van der Waals surface area contributed by atoms with E-state index in [0.29, 0.717) is 23.6 Å². The second-order valence-electron chi connectivity index (χ2n) is 5.47. The van der Waals surface area contributed by atoms with Crippen LogP contribution in [0.3, 0.4) is 0 Å². The minimum Gasteiger partial charge on any atom is -0.360 e. The van der Waals surface area contributed by atoms with Crippen LogP contribution in [0, 0.1) is 12.7 Å². The summed E-state index contributed by atoms with van der Waals surface area (Å²) in [5.74, 6) is 0.709. The van der Waals surface area contributed by atoms with E-state index >= 15 is 0 Å². The fourth-order valence-electron chi connectivity index (χ4n) is 2.33. The molecule has 0 bridgehead atoms. The molecule has 2 heterocycles. The van der Waals surface area contributed by atoms with Crippen molar-refractivity contribution in [3.05, 3.63) is 40.6 Å². The normalized spacial score (nSPS) is 12.5. The van der Waals surface area contributed by atoms with Gasteiger partial charge in [-0.15, -0.1) is 0 Å². The number of likely N-dealkylation sites (N-methyl/N-ethyl adjacent to an activating group) is 1. The van der Waals surface area contributed by atoms with E-state index < -0.39 is 5.82 Å². The van der Waals surface area contributed by atoms with Crippen molar-refractivity contribution >= 4 is 11.6 Å². The van der Waals surface area contributed by atoms with Gasteiger partial charge in [0.1, 0.15) is 22.8 Å². The number of hydrogen-bond acceptors (Lipinski definition) is 6. The molecule has 3 rings (SSSR count). The van der Waals surface area contributed by atoms with Gasteiger partial charge in [-0.1, -0.05) is 28.0 Å². The molecule has 0 amide bonds. The summed E-state index contributed by atoms with van der Waals surface area (Å²) in [4.78, 5) is 4.36. The van der Waals surface area contributed by atoms with Crippen LogP contribution in [0.5, 0.6) is 0 Å². The van der Waals surface area contributed by atoms with Crippen molar-refractivity contribution in [2.24, 2.45) is 0 Å². The van der Waals surface area contributed by atoms with Crippen molar-refractivity contribution < 1.29 is 13.4 Å². The molecule has 126 valence electrons. The maximum atomic E-state index is 14.2. The molecule has 3 aromatic rings. The Morgan fingerprint density at radius 1 is 1.25 bits per heavy atom. The molecule has 24 heavy (non-hydrogen) atoms. The van der Waals surface area contributed by atoms with Crippen LogP contribution in [0.2, 0.25) is 5.02 Å². The third-order valence-corrected chi connectivity index (χ3v) is 4.04. The van der Waals surface area contributed by atoms with Gasteiger partial charge in [0.05, 0.1) is 10.6 Å². The Morgan fingerprint density at radius 3 is 2.75 bits per heavy atom. The monoisotopic (exact) mass is 350 g/mol. The van der Waals surface area contributed by atoms with E-state index in [2.05, 4.69) is 20.6 Å². The van der Waals surface area contributed by atoms with Crippen LogP contribution < -0.4 is 5.32 Å². The van der Waals surface area contributed by atoms with E-state index in [1.54, 1.807) is 13.0 Å². The molecule has 1 unspecified atom stereocenters. The second-order valence-corrected chi connectivity index (χ2v) is 5.88. The largest absolute Gasteiger partial charge is 0.360 e. The van der Waals surface area contributed by atoms with Crippen LogP contribution in [-0.2, 0) is 6.42 Å². The lowest BCUT2D eigenvalue weighted by Crippen LogP contribution is -2.24. The molecular formula is C16H16ClFN4O2. The number of benzene rings is 1. The molecule has 1 aromatic carbocycles. The number of rotatable bonds is 5. The van der Waals surface area contributed by atoms with Gasteiger partial charge in [0.15, 0.2) is 5.82 Å².